The van der Waals surface area contributed by atoms with Gasteiger partial charge < -0.3 is 9.84 Å². The van der Waals surface area contributed by atoms with Crippen molar-refractivity contribution in [2.45, 2.75) is 13.5 Å². The van der Waals surface area contributed by atoms with Gasteiger partial charge in [0.15, 0.2) is 0 Å². The molecule has 0 saturated heterocycles. The number of hydrogen-bond donors (Lipinski definition) is 1. The van der Waals surface area contributed by atoms with Gasteiger partial charge in [0.05, 0.1) is 5.56 Å². The second kappa shape index (κ2) is 9.38. The predicted octanol–water partition coefficient (Wildman–Crippen LogP) is 3.74. The minimum Gasteiger partial charge on any atom is -0.478 e. The molecule has 1 aromatic carbocycles. The molecule has 0 unspecified atom stereocenters. The van der Waals surface area contributed by atoms with Crippen LogP contribution in [0, 0.1) is 0 Å². The van der Waals surface area contributed by atoms with Crippen molar-refractivity contribution in [2.75, 3.05) is 0 Å². The van der Waals surface area contributed by atoms with Crippen LogP contribution in [-0.4, -0.2) is 22.0 Å². The van der Waals surface area contributed by atoms with E-state index < -0.39 is 5.97 Å². The molecule has 0 aliphatic carbocycles. The van der Waals surface area contributed by atoms with Crippen molar-refractivity contribution in [2.24, 2.45) is 0 Å². The summed E-state index contributed by atoms with van der Waals surface area (Å²) in [6.45, 7) is 5.44. The molecule has 1 aromatic heterocycles. The number of aromatic nitrogens is 1. The van der Waals surface area contributed by atoms with Gasteiger partial charge in [-0.1, -0.05) is 48.5 Å². The van der Waals surface area contributed by atoms with Gasteiger partial charge in [-0.25, -0.2) is 14.6 Å². The Kier molecular flexibility index (Phi) is 7.50. The number of halogens is 1. The lowest BCUT2D eigenvalue weighted by Crippen LogP contribution is -2.04. The van der Waals surface area contributed by atoms with E-state index in [9.17, 15) is 9.59 Å². The highest BCUT2D eigenvalue weighted by atomic mass is 35.5. The number of carbonyl (C=O) groups excluding carboxylic acids is 1. The molecule has 1 N–H and O–H groups in total. The van der Waals surface area contributed by atoms with Gasteiger partial charge in [-0.3, -0.25) is 0 Å². The van der Waals surface area contributed by atoms with Crippen molar-refractivity contribution >= 4 is 23.5 Å². The molecule has 2 rings (SSSR count). The quantitative estimate of drug-likeness (QED) is 0.524. The Bertz CT molecular complexity index is 669. The highest BCUT2D eigenvalue weighted by molar-refractivity contribution is 6.29. The van der Waals surface area contributed by atoms with E-state index in [1.54, 1.807) is 6.92 Å². The minimum absolute atomic E-state index is 0.143. The van der Waals surface area contributed by atoms with Gasteiger partial charge in [-0.2, -0.15) is 0 Å². The topological polar surface area (TPSA) is 76.5 Å². The highest BCUT2D eigenvalue weighted by Crippen LogP contribution is 2.04. The Labute approximate surface area is 139 Å². The van der Waals surface area contributed by atoms with Crippen LogP contribution in [0.3, 0.4) is 0 Å². The van der Waals surface area contributed by atoms with Crippen LogP contribution >= 0.6 is 11.6 Å². The molecule has 6 heteroatoms. The molecule has 0 aliphatic heterocycles. The Morgan fingerprint density at radius 2 is 1.87 bits per heavy atom. The molecule has 2 aromatic rings. The maximum absolute atomic E-state index is 11.0. The maximum atomic E-state index is 11.0. The van der Waals surface area contributed by atoms with Gasteiger partial charge >= 0.3 is 11.9 Å². The van der Waals surface area contributed by atoms with Crippen LogP contribution in [0.1, 0.15) is 22.8 Å². The average molecular weight is 334 g/mol. The Hall–Kier alpha value is -2.66. The second-order valence-electron chi connectivity index (χ2n) is 4.52. The van der Waals surface area contributed by atoms with Gasteiger partial charge in [0.1, 0.15) is 11.8 Å². The molecule has 0 amide bonds. The molecule has 0 atom stereocenters. The molecular weight excluding hydrogens is 318 g/mol. The van der Waals surface area contributed by atoms with Gasteiger partial charge in [-0.05, 0) is 24.6 Å². The van der Waals surface area contributed by atoms with Gasteiger partial charge in [0.2, 0.25) is 0 Å². The van der Waals surface area contributed by atoms with Crippen molar-refractivity contribution < 1.29 is 19.4 Å². The average Bonchev–Trinajstić information content (AvgIpc) is 2.54. The molecule has 0 saturated carbocycles. The summed E-state index contributed by atoms with van der Waals surface area (Å²) in [7, 11) is 0. The molecule has 0 spiro atoms. The van der Waals surface area contributed by atoms with Gasteiger partial charge in [0.25, 0.3) is 0 Å². The number of carboxylic acid groups (broad SMARTS) is 1. The van der Waals surface area contributed by atoms with Gasteiger partial charge in [0, 0.05) is 11.8 Å². The zero-order chi connectivity index (χ0) is 17.2. The summed E-state index contributed by atoms with van der Waals surface area (Å²) in [6, 6.07) is 12.4. The molecule has 5 nitrogen and oxygen atoms in total. The molecule has 23 heavy (non-hydrogen) atoms. The fraction of sp³-hybridized carbons (Fsp3) is 0.118. The summed E-state index contributed by atoms with van der Waals surface area (Å²) in [5.41, 5.74) is 1.55. The Morgan fingerprint density at radius 1 is 1.22 bits per heavy atom. The standard InChI is InChI=1S/C11H12O2.C6H4ClNO2/c1-9(2)11(12)13-8-10-6-4-3-5-7-10;7-5-2-1-4(3-8-5)6(9)10/h3-7H,1,8H2,2H3;1-3H,(H,9,10). The first-order chi connectivity index (χ1) is 10.9. The van der Waals surface area contributed by atoms with Gasteiger partial charge in [-0.15, -0.1) is 0 Å². The SMILES string of the molecule is C=C(C)C(=O)OCc1ccccc1.O=C(O)c1ccc(Cl)nc1. The summed E-state index contributed by atoms with van der Waals surface area (Å²) in [6.07, 6.45) is 1.21. The number of nitrogens with zero attached hydrogens (tertiary/aromatic N) is 1. The number of aromatic carboxylic acids is 1. The number of ether oxygens (including phenoxy) is 1. The fourth-order valence-electron chi connectivity index (χ4n) is 1.35. The van der Waals surface area contributed by atoms with Crippen molar-refractivity contribution in [1.29, 1.82) is 0 Å². The molecular formula is C17H16ClNO4. The van der Waals surface area contributed by atoms with E-state index >= 15 is 0 Å². The molecule has 0 radical (unpaired) electrons. The summed E-state index contributed by atoms with van der Waals surface area (Å²) in [5.74, 6) is -1.34. The first-order valence-corrected chi connectivity index (χ1v) is 6.99. The largest absolute Gasteiger partial charge is 0.478 e. The lowest BCUT2D eigenvalue weighted by molar-refractivity contribution is -0.140. The first-order valence-electron chi connectivity index (χ1n) is 6.61. The lowest BCUT2D eigenvalue weighted by Gasteiger charge is -2.03. The number of esters is 1. The number of carbonyl (C=O) groups is 2. The minimum atomic E-state index is -0.996. The van der Waals surface area contributed by atoms with E-state index in [0.717, 1.165) is 5.56 Å². The molecule has 0 bridgehead atoms. The summed E-state index contributed by atoms with van der Waals surface area (Å²) >= 11 is 5.41. The Balaban J connectivity index is 0.000000238. The molecule has 120 valence electrons. The predicted molar refractivity (Wildman–Crippen MR) is 87.3 cm³/mol. The maximum Gasteiger partial charge on any atom is 0.337 e. The van der Waals surface area contributed by atoms with Crippen LogP contribution in [0.2, 0.25) is 5.15 Å². The van der Waals surface area contributed by atoms with Crippen molar-refractivity contribution in [1.82, 2.24) is 4.98 Å². The van der Waals surface area contributed by atoms with Crippen LogP contribution in [-0.2, 0) is 16.1 Å². The Morgan fingerprint density at radius 3 is 2.35 bits per heavy atom. The van der Waals surface area contributed by atoms with Crippen LogP contribution in [0.4, 0.5) is 0 Å². The normalized spacial score (nSPS) is 9.30. The lowest BCUT2D eigenvalue weighted by atomic mass is 10.2. The smallest absolute Gasteiger partial charge is 0.337 e. The number of benzene rings is 1. The number of pyridine rings is 1. The van der Waals surface area contributed by atoms with Crippen LogP contribution in [0.25, 0.3) is 0 Å². The first kappa shape index (κ1) is 18.4. The number of rotatable bonds is 4. The molecule has 1 heterocycles. The van der Waals surface area contributed by atoms with E-state index in [2.05, 4.69) is 11.6 Å². The molecule has 0 aliphatic rings. The van der Waals surface area contributed by atoms with E-state index in [1.807, 2.05) is 30.3 Å². The summed E-state index contributed by atoms with van der Waals surface area (Å²) in [4.78, 5) is 24.8. The fourth-order valence-corrected chi connectivity index (χ4v) is 1.46. The summed E-state index contributed by atoms with van der Waals surface area (Å²) < 4.78 is 4.95. The third-order valence-corrected chi connectivity index (χ3v) is 2.76. The number of carboxylic acids is 1. The second-order valence-corrected chi connectivity index (χ2v) is 4.90. The van der Waals surface area contributed by atoms with Crippen LogP contribution in [0.15, 0.2) is 60.8 Å². The van der Waals surface area contributed by atoms with Crippen molar-refractivity contribution in [3.05, 3.63) is 77.1 Å². The molecule has 0 fully saturated rings. The highest BCUT2D eigenvalue weighted by Gasteiger charge is 2.02. The van der Waals surface area contributed by atoms with Crippen LogP contribution in [0.5, 0.6) is 0 Å². The summed E-state index contributed by atoms with van der Waals surface area (Å²) in [5, 5.41) is 8.69. The van der Waals surface area contributed by atoms with Crippen molar-refractivity contribution in [3.8, 4) is 0 Å². The van der Waals surface area contributed by atoms with E-state index in [0.29, 0.717) is 17.3 Å². The van der Waals surface area contributed by atoms with E-state index in [1.165, 1.54) is 18.3 Å². The van der Waals surface area contributed by atoms with Crippen molar-refractivity contribution in [3.63, 3.8) is 0 Å². The van der Waals surface area contributed by atoms with Crippen LogP contribution < -0.4 is 0 Å². The number of hydrogen-bond acceptors (Lipinski definition) is 4. The zero-order valence-corrected chi connectivity index (χ0v) is 13.3. The van der Waals surface area contributed by atoms with E-state index in [-0.39, 0.29) is 11.5 Å². The van der Waals surface area contributed by atoms with E-state index in [4.69, 9.17) is 21.4 Å². The third kappa shape index (κ3) is 7.24. The third-order valence-electron chi connectivity index (χ3n) is 2.54. The zero-order valence-electron chi connectivity index (χ0n) is 12.5. The monoisotopic (exact) mass is 333 g/mol.